The highest BCUT2D eigenvalue weighted by atomic mass is 35.5. The van der Waals surface area contributed by atoms with E-state index in [0.29, 0.717) is 16.6 Å². The Morgan fingerprint density at radius 3 is 2.62 bits per heavy atom. The lowest BCUT2D eigenvalue weighted by Gasteiger charge is -2.10. The number of aromatic nitrogens is 2. The van der Waals surface area contributed by atoms with E-state index >= 15 is 0 Å². The van der Waals surface area contributed by atoms with Crippen molar-refractivity contribution in [3.8, 4) is 17.1 Å². The van der Waals surface area contributed by atoms with Gasteiger partial charge in [-0.25, -0.2) is 4.79 Å². The van der Waals surface area contributed by atoms with Crippen molar-refractivity contribution < 1.29 is 18.8 Å². The van der Waals surface area contributed by atoms with Crippen LogP contribution in [0.25, 0.3) is 11.4 Å². The quantitative estimate of drug-likeness (QED) is 0.606. The molecule has 134 valence electrons. The smallest absolute Gasteiger partial charge is 0.344 e. The van der Waals surface area contributed by atoms with E-state index < -0.39 is 5.97 Å². The second-order valence-corrected chi connectivity index (χ2v) is 6.13. The number of benzene rings is 2. The Morgan fingerprint density at radius 1 is 1.15 bits per heavy atom. The first kappa shape index (κ1) is 17.9. The zero-order valence-corrected chi connectivity index (χ0v) is 15.1. The van der Waals surface area contributed by atoms with E-state index in [1.165, 1.54) is 0 Å². The Kier molecular flexibility index (Phi) is 5.53. The second kappa shape index (κ2) is 8.01. The summed E-state index contributed by atoms with van der Waals surface area (Å²) in [7, 11) is 0. The van der Waals surface area contributed by atoms with Crippen LogP contribution in [0.5, 0.6) is 5.75 Å². The maximum Gasteiger partial charge on any atom is 0.344 e. The van der Waals surface area contributed by atoms with E-state index in [9.17, 15) is 4.79 Å². The summed E-state index contributed by atoms with van der Waals surface area (Å²) in [6, 6.07) is 12.9. The molecule has 0 bridgehead atoms. The van der Waals surface area contributed by atoms with Crippen molar-refractivity contribution in [3.05, 3.63) is 64.5 Å². The van der Waals surface area contributed by atoms with Gasteiger partial charge in [-0.2, -0.15) is 4.98 Å². The predicted molar refractivity (Wildman–Crippen MR) is 96.0 cm³/mol. The Labute approximate surface area is 155 Å². The van der Waals surface area contributed by atoms with Crippen molar-refractivity contribution in [2.75, 3.05) is 6.61 Å². The van der Waals surface area contributed by atoms with Crippen LogP contribution in [0.1, 0.15) is 17.0 Å². The van der Waals surface area contributed by atoms with Crippen LogP contribution in [0, 0.1) is 13.8 Å². The molecule has 0 unspecified atom stereocenters. The summed E-state index contributed by atoms with van der Waals surface area (Å²) in [6.07, 6.45) is 0. The molecular weight excluding hydrogens is 356 g/mol. The molecule has 2 aromatic carbocycles. The Balaban J connectivity index is 1.54. The van der Waals surface area contributed by atoms with Gasteiger partial charge in [-0.1, -0.05) is 47.1 Å². The lowest BCUT2D eigenvalue weighted by Crippen LogP contribution is -2.15. The van der Waals surface area contributed by atoms with Crippen LogP contribution in [0.2, 0.25) is 5.02 Å². The van der Waals surface area contributed by atoms with Gasteiger partial charge in [0.2, 0.25) is 5.82 Å². The number of rotatable bonds is 6. The fourth-order valence-corrected chi connectivity index (χ4v) is 2.59. The number of hydrogen-bond acceptors (Lipinski definition) is 6. The van der Waals surface area contributed by atoms with Gasteiger partial charge in [-0.3, -0.25) is 0 Å². The maximum absolute atomic E-state index is 11.9. The molecule has 0 fully saturated rings. The molecule has 3 aromatic rings. The zero-order valence-electron chi connectivity index (χ0n) is 14.4. The van der Waals surface area contributed by atoms with E-state index in [1.54, 1.807) is 18.2 Å². The lowest BCUT2D eigenvalue weighted by atomic mass is 10.1. The molecule has 0 N–H and O–H groups in total. The Hall–Kier alpha value is -2.86. The number of nitrogens with zero attached hydrogens (tertiary/aromatic N) is 2. The van der Waals surface area contributed by atoms with Crippen LogP contribution < -0.4 is 4.74 Å². The molecule has 0 saturated heterocycles. The first-order valence-electron chi connectivity index (χ1n) is 7.96. The summed E-state index contributed by atoms with van der Waals surface area (Å²) in [5, 5.41) is 4.43. The lowest BCUT2D eigenvalue weighted by molar-refractivity contribution is -0.148. The van der Waals surface area contributed by atoms with Crippen molar-refractivity contribution in [3.63, 3.8) is 0 Å². The minimum absolute atomic E-state index is 0.123. The molecule has 3 rings (SSSR count). The van der Waals surface area contributed by atoms with Crippen LogP contribution in [-0.4, -0.2) is 22.7 Å². The highest BCUT2D eigenvalue weighted by molar-refractivity contribution is 6.30. The summed E-state index contributed by atoms with van der Waals surface area (Å²) in [5.74, 6) is 0.742. The summed E-state index contributed by atoms with van der Waals surface area (Å²) >= 11 is 5.94. The molecule has 0 spiro atoms. The molecule has 6 nitrogen and oxygen atoms in total. The van der Waals surface area contributed by atoms with E-state index in [0.717, 1.165) is 16.7 Å². The van der Waals surface area contributed by atoms with E-state index in [-0.39, 0.29) is 19.1 Å². The largest absolute Gasteiger partial charge is 0.481 e. The Morgan fingerprint density at radius 2 is 1.88 bits per heavy atom. The molecule has 7 heteroatoms. The highest BCUT2D eigenvalue weighted by Crippen LogP contribution is 2.22. The number of para-hydroxylation sites is 1. The predicted octanol–water partition coefficient (Wildman–Crippen LogP) is 4.13. The number of ether oxygens (including phenoxy) is 2. The van der Waals surface area contributed by atoms with Crippen LogP contribution in [0.15, 0.2) is 47.0 Å². The van der Waals surface area contributed by atoms with Crippen molar-refractivity contribution in [1.29, 1.82) is 0 Å². The number of aryl methyl sites for hydroxylation is 2. The van der Waals surface area contributed by atoms with Gasteiger partial charge in [0.05, 0.1) is 0 Å². The van der Waals surface area contributed by atoms with Gasteiger partial charge >= 0.3 is 5.97 Å². The molecule has 0 aliphatic rings. The van der Waals surface area contributed by atoms with Crippen LogP contribution in [0.3, 0.4) is 0 Å². The molecule has 0 atom stereocenters. The highest BCUT2D eigenvalue weighted by Gasteiger charge is 2.13. The summed E-state index contributed by atoms with van der Waals surface area (Å²) < 4.78 is 15.8. The molecule has 0 aliphatic carbocycles. The van der Waals surface area contributed by atoms with Crippen molar-refractivity contribution in [1.82, 2.24) is 10.1 Å². The third kappa shape index (κ3) is 4.40. The average molecular weight is 373 g/mol. The second-order valence-electron chi connectivity index (χ2n) is 5.69. The van der Waals surface area contributed by atoms with Crippen molar-refractivity contribution in [2.45, 2.75) is 20.5 Å². The van der Waals surface area contributed by atoms with Gasteiger partial charge in [-0.05, 0) is 37.1 Å². The van der Waals surface area contributed by atoms with Gasteiger partial charge < -0.3 is 14.0 Å². The number of carbonyl (C=O) groups excluding carboxylic acids is 1. The average Bonchev–Trinajstić information content (AvgIpc) is 3.09. The first-order valence-corrected chi connectivity index (χ1v) is 8.34. The van der Waals surface area contributed by atoms with Crippen LogP contribution in [0.4, 0.5) is 0 Å². The summed E-state index contributed by atoms with van der Waals surface area (Å²) in [5.41, 5.74) is 2.64. The topological polar surface area (TPSA) is 74.5 Å². The number of hydrogen-bond donors (Lipinski definition) is 0. The molecule has 0 aliphatic heterocycles. The van der Waals surface area contributed by atoms with Crippen molar-refractivity contribution in [2.24, 2.45) is 0 Å². The van der Waals surface area contributed by atoms with Gasteiger partial charge in [0.25, 0.3) is 5.89 Å². The third-order valence-electron chi connectivity index (χ3n) is 3.65. The van der Waals surface area contributed by atoms with E-state index in [1.807, 2.05) is 38.1 Å². The molecular formula is C19H17ClN2O4. The molecule has 0 amide bonds. The summed E-state index contributed by atoms with van der Waals surface area (Å²) in [4.78, 5) is 16.1. The molecule has 1 heterocycles. The third-order valence-corrected chi connectivity index (χ3v) is 3.89. The number of esters is 1. The van der Waals surface area contributed by atoms with Crippen LogP contribution in [-0.2, 0) is 16.1 Å². The minimum Gasteiger partial charge on any atom is -0.481 e. The fraction of sp³-hybridized carbons (Fsp3) is 0.211. The fourth-order valence-electron chi connectivity index (χ4n) is 2.40. The SMILES string of the molecule is Cc1cccc(C)c1OCC(=O)OCc1nc(-c2cccc(Cl)c2)no1. The first-order chi connectivity index (χ1) is 12.5. The van der Waals surface area contributed by atoms with Gasteiger partial charge in [0.15, 0.2) is 13.2 Å². The standard InChI is InChI=1S/C19H17ClN2O4/c1-12-5-3-6-13(2)18(12)25-11-17(23)24-10-16-21-19(22-26-16)14-7-4-8-15(20)9-14/h3-9H,10-11H2,1-2H3. The zero-order chi connectivity index (χ0) is 18.5. The van der Waals surface area contributed by atoms with Crippen molar-refractivity contribution >= 4 is 17.6 Å². The minimum atomic E-state index is -0.518. The number of halogens is 1. The molecule has 0 radical (unpaired) electrons. The summed E-state index contributed by atoms with van der Waals surface area (Å²) in [6.45, 7) is 3.52. The normalized spacial score (nSPS) is 10.6. The van der Waals surface area contributed by atoms with E-state index in [4.69, 9.17) is 25.6 Å². The Bertz CT molecular complexity index is 903. The number of carbonyl (C=O) groups is 1. The van der Waals surface area contributed by atoms with Gasteiger partial charge in [-0.15, -0.1) is 0 Å². The van der Waals surface area contributed by atoms with Gasteiger partial charge in [0.1, 0.15) is 5.75 Å². The van der Waals surface area contributed by atoms with Crippen LogP contribution >= 0.6 is 11.6 Å². The van der Waals surface area contributed by atoms with E-state index in [2.05, 4.69) is 10.1 Å². The van der Waals surface area contributed by atoms with Gasteiger partial charge in [0, 0.05) is 10.6 Å². The molecule has 1 aromatic heterocycles. The molecule has 26 heavy (non-hydrogen) atoms. The molecule has 0 saturated carbocycles. The maximum atomic E-state index is 11.9. The monoisotopic (exact) mass is 372 g/mol.